The van der Waals surface area contributed by atoms with Gasteiger partial charge in [0.25, 0.3) is 5.91 Å². The minimum atomic E-state index is -0.0717. The molecule has 0 atom stereocenters. The summed E-state index contributed by atoms with van der Waals surface area (Å²) < 4.78 is 0. The molecule has 0 aliphatic carbocycles. The molecule has 6 heteroatoms. The van der Waals surface area contributed by atoms with Crippen molar-refractivity contribution in [2.75, 3.05) is 19.6 Å². The Labute approximate surface area is 170 Å². The number of rotatable bonds is 3. The number of benzene rings is 1. The van der Waals surface area contributed by atoms with E-state index < -0.39 is 0 Å². The molecule has 2 aliphatic rings. The first-order chi connectivity index (χ1) is 14.1. The predicted octanol–water partition coefficient (Wildman–Crippen LogP) is 3.00. The normalized spacial score (nSPS) is 18.5. The van der Waals surface area contributed by atoms with Gasteiger partial charge in [0.15, 0.2) is 0 Å². The van der Waals surface area contributed by atoms with Crippen molar-refractivity contribution in [3.05, 3.63) is 65.5 Å². The summed E-state index contributed by atoms with van der Waals surface area (Å²) in [7, 11) is 0. The number of carbonyl (C=O) groups excluding carboxylic acids is 2. The lowest BCUT2D eigenvalue weighted by Crippen LogP contribution is -2.52. The second-order valence-electron chi connectivity index (χ2n) is 8.05. The van der Waals surface area contributed by atoms with E-state index in [9.17, 15) is 14.9 Å². The molecule has 0 N–H and O–H groups in total. The fourth-order valence-corrected chi connectivity index (χ4v) is 4.48. The van der Waals surface area contributed by atoms with Gasteiger partial charge < -0.3 is 9.80 Å². The maximum absolute atomic E-state index is 12.9. The van der Waals surface area contributed by atoms with Gasteiger partial charge in [-0.1, -0.05) is 12.1 Å². The first-order valence-corrected chi connectivity index (χ1v) is 10.1. The number of nitrogens with zero attached hydrogens (tertiary/aromatic N) is 4. The van der Waals surface area contributed by atoms with E-state index in [-0.39, 0.29) is 17.2 Å². The van der Waals surface area contributed by atoms with Crippen LogP contribution < -0.4 is 0 Å². The quantitative estimate of drug-likeness (QED) is 0.810. The van der Waals surface area contributed by atoms with Crippen LogP contribution in [0.15, 0.2) is 48.8 Å². The topological polar surface area (TPSA) is 77.3 Å². The highest BCUT2D eigenvalue weighted by Gasteiger charge is 2.41. The zero-order chi connectivity index (χ0) is 20.3. The van der Waals surface area contributed by atoms with E-state index in [1.165, 1.54) is 0 Å². The summed E-state index contributed by atoms with van der Waals surface area (Å²) in [6, 6.07) is 13.0. The SMILES string of the molecule is N#Cc1ccccc1C(=O)N1CCC2(CCC(=O)N(Cc3ccncc3)C2)CC1. The van der Waals surface area contributed by atoms with Crippen LogP contribution in [-0.2, 0) is 11.3 Å². The molecule has 2 aromatic rings. The van der Waals surface area contributed by atoms with Crippen molar-refractivity contribution < 1.29 is 9.59 Å². The Bertz CT molecular complexity index is 943. The number of piperidine rings is 2. The van der Waals surface area contributed by atoms with Gasteiger partial charge >= 0.3 is 0 Å². The van der Waals surface area contributed by atoms with Crippen LogP contribution in [0.5, 0.6) is 0 Å². The first kappa shape index (κ1) is 19.1. The van der Waals surface area contributed by atoms with Crippen LogP contribution in [0.1, 0.15) is 47.2 Å². The number of nitriles is 1. The van der Waals surface area contributed by atoms with Crippen LogP contribution in [-0.4, -0.2) is 46.2 Å². The van der Waals surface area contributed by atoms with Crippen molar-refractivity contribution in [1.82, 2.24) is 14.8 Å². The minimum Gasteiger partial charge on any atom is -0.339 e. The van der Waals surface area contributed by atoms with Crippen LogP contribution in [0, 0.1) is 16.7 Å². The molecular formula is C23H24N4O2. The number of aromatic nitrogens is 1. The minimum absolute atomic E-state index is 0.0717. The van der Waals surface area contributed by atoms with Crippen molar-refractivity contribution in [2.24, 2.45) is 5.41 Å². The Morgan fingerprint density at radius 2 is 1.83 bits per heavy atom. The van der Waals surface area contributed by atoms with Gasteiger partial charge in [0, 0.05) is 45.0 Å². The second kappa shape index (κ2) is 8.04. The molecular weight excluding hydrogens is 364 g/mol. The molecule has 1 aromatic heterocycles. The summed E-state index contributed by atoms with van der Waals surface area (Å²) in [5, 5.41) is 9.28. The van der Waals surface area contributed by atoms with Crippen molar-refractivity contribution in [3.8, 4) is 6.07 Å². The van der Waals surface area contributed by atoms with Gasteiger partial charge in [0.1, 0.15) is 0 Å². The van der Waals surface area contributed by atoms with E-state index in [1.54, 1.807) is 36.7 Å². The molecule has 6 nitrogen and oxygen atoms in total. The Hall–Kier alpha value is -3.20. The smallest absolute Gasteiger partial charge is 0.255 e. The number of hydrogen-bond donors (Lipinski definition) is 0. The average molecular weight is 388 g/mol. The highest BCUT2D eigenvalue weighted by molar-refractivity contribution is 5.96. The molecule has 148 valence electrons. The number of pyridine rings is 1. The standard InChI is InChI=1S/C23H24N4O2/c24-15-19-3-1-2-4-20(19)22(29)26-13-9-23(10-14-26)8-5-21(28)27(17-23)16-18-6-11-25-12-7-18/h1-4,6-7,11-12H,5,8-10,13-14,16-17H2. The first-order valence-electron chi connectivity index (χ1n) is 10.1. The Balaban J connectivity index is 1.42. The highest BCUT2D eigenvalue weighted by atomic mass is 16.2. The zero-order valence-electron chi connectivity index (χ0n) is 16.4. The van der Waals surface area contributed by atoms with Crippen LogP contribution in [0.25, 0.3) is 0 Å². The predicted molar refractivity (Wildman–Crippen MR) is 108 cm³/mol. The molecule has 1 spiro atoms. The summed E-state index contributed by atoms with van der Waals surface area (Å²) in [5.41, 5.74) is 2.06. The number of carbonyl (C=O) groups is 2. The fraction of sp³-hybridized carbons (Fsp3) is 0.391. The zero-order valence-corrected chi connectivity index (χ0v) is 16.4. The maximum atomic E-state index is 12.9. The van der Waals surface area contributed by atoms with E-state index in [2.05, 4.69) is 11.1 Å². The third kappa shape index (κ3) is 4.00. The molecule has 0 unspecified atom stereocenters. The van der Waals surface area contributed by atoms with Crippen molar-refractivity contribution in [3.63, 3.8) is 0 Å². The van der Waals surface area contributed by atoms with Gasteiger partial charge in [-0.05, 0) is 54.5 Å². The molecule has 2 saturated heterocycles. The number of amides is 2. The Kier molecular flexibility index (Phi) is 5.30. The Morgan fingerprint density at radius 3 is 2.55 bits per heavy atom. The van der Waals surface area contributed by atoms with Crippen molar-refractivity contribution in [1.29, 1.82) is 5.26 Å². The largest absolute Gasteiger partial charge is 0.339 e. The van der Waals surface area contributed by atoms with Gasteiger partial charge in [0.2, 0.25) is 5.91 Å². The molecule has 3 heterocycles. The van der Waals surface area contributed by atoms with Crippen LogP contribution in [0.2, 0.25) is 0 Å². The molecule has 0 saturated carbocycles. The number of likely N-dealkylation sites (tertiary alicyclic amines) is 2. The molecule has 0 radical (unpaired) electrons. The summed E-state index contributed by atoms with van der Waals surface area (Å²) in [4.78, 5) is 33.2. The molecule has 2 fully saturated rings. The van der Waals surface area contributed by atoms with E-state index in [0.717, 1.165) is 31.4 Å². The van der Waals surface area contributed by atoms with Crippen LogP contribution >= 0.6 is 0 Å². The van der Waals surface area contributed by atoms with E-state index in [1.807, 2.05) is 21.9 Å². The summed E-state index contributed by atoms with van der Waals surface area (Å²) >= 11 is 0. The van der Waals surface area contributed by atoms with Gasteiger partial charge in [-0.2, -0.15) is 5.26 Å². The molecule has 0 bridgehead atoms. The summed E-state index contributed by atoms with van der Waals surface area (Å²) in [6.07, 6.45) is 6.72. The summed E-state index contributed by atoms with van der Waals surface area (Å²) in [5.74, 6) is 0.131. The summed E-state index contributed by atoms with van der Waals surface area (Å²) in [6.45, 7) is 2.68. The van der Waals surface area contributed by atoms with Gasteiger partial charge in [-0.25, -0.2) is 0 Å². The molecule has 4 rings (SSSR count). The number of hydrogen-bond acceptors (Lipinski definition) is 4. The van der Waals surface area contributed by atoms with Crippen molar-refractivity contribution in [2.45, 2.75) is 32.2 Å². The highest BCUT2D eigenvalue weighted by Crippen LogP contribution is 2.41. The van der Waals surface area contributed by atoms with Gasteiger partial charge in [0.05, 0.1) is 17.2 Å². The van der Waals surface area contributed by atoms with E-state index in [4.69, 9.17) is 0 Å². The van der Waals surface area contributed by atoms with Crippen LogP contribution in [0.3, 0.4) is 0 Å². The van der Waals surface area contributed by atoms with Gasteiger partial charge in [-0.3, -0.25) is 14.6 Å². The maximum Gasteiger partial charge on any atom is 0.255 e. The fourth-order valence-electron chi connectivity index (χ4n) is 4.48. The lowest BCUT2D eigenvalue weighted by atomic mass is 9.72. The third-order valence-corrected chi connectivity index (χ3v) is 6.26. The lowest BCUT2D eigenvalue weighted by Gasteiger charge is -2.47. The monoisotopic (exact) mass is 388 g/mol. The third-order valence-electron chi connectivity index (χ3n) is 6.26. The van der Waals surface area contributed by atoms with Crippen molar-refractivity contribution >= 4 is 11.8 Å². The van der Waals surface area contributed by atoms with Crippen LogP contribution in [0.4, 0.5) is 0 Å². The molecule has 29 heavy (non-hydrogen) atoms. The lowest BCUT2D eigenvalue weighted by molar-refractivity contribution is -0.139. The molecule has 2 amide bonds. The van der Waals surface area contributed by atoms with E-state index in [0.29, 0.717) is 37.2 Å². The molecule has 1 aromatic carbocycles. The molecule has 2 aliphatic heterocycles. The van der Waals surface area contributed by atoms with Gasteiger partial charge in [-0.15, -0.1) is 0 Å². The second-order valence-corrected chi connectivity index (χ2v) is 8.05. The Morgan fingerprint density at radius 1 is 1.10 bits per heavy atom. The average Bonchev–Trinajstić information content (AvgIpc) is 2.77. The van der Waals surface area contributed by atoms with E-state index >= 15 is 0 Å².